The Balaban J connectivity index is 2.21. The molecule has 0 amide bonds. The maximum absolute atomic E-state index is 5.71. The molecule has 0 atom stereocenters. The van der Waals surface area contributed by atoms with Crippen molar-refractivity contribution in [2.75, 3.05) is 12.4 Å². The third kappa shape index (κ3) is 6.62. The molecule has 0 aliphatic carbocycles. The molecule has 1 aromatic carbocycles. The summed E-state index contributed by atoms with van der Waals surface area (Å²) in [5.41, 5.74) is 4.05. The SMILES string of the molecule is C=C(CS)CCCCOCc1ccc(C(C)(C)C)cc1. The van der Waals surface area contributed by atoms with Crippen LogP contribution in [0.15, 0.2) is 36.4 Å². The van der Waals surface area contributed by atoms with Crippen LogP contribution < -0.4 is 0 Å². The van der Waals surface area contributed by atoms with Gasteiger partial charge in [0.15, 0.2) is 0 Å². The maximum atomic E-state index is 5.71. The molecule has 2 heteroatoms. The largest absolute Gasteiger partial charge is 0.377 e. The van der Waals surface area contributed by atoms with Gasteiger partial charge >= 0.3 is 0 Å². The van der Waals surface area contributed by atoms with E-state index in [9.17, 15) is 0 Å². The van der Waals surface area contributed by atoms with Crippen molar-refractivity contribution in [1.82, 2.24) is 0 Å². The van der Waals surface area contributed by atoms with E-state index in [1.807, 2.05) is 0 Å². The van der Waals surface area contributed by atoms with Crippen molar-refractivity contribution in [3.05, 3.63) is 47.5 Å². The fourth-order valence-corrected chi connectivity index (χ4v) is 2.11. The second-order valence-electron chi connectivity index (χ2n) is 6.36. The lowest BCUT2D eigenvalue weighted by molar-refractivity contribution is 0.117. The summed E-state index contributed by atoms with van der Waals surface area (Å²) in [6, 6.07) is 8.75. The van der Waals surface area contributed by atoms with Crippen molar-refractivity contribution >= 4 is 12.6 Å². The van der Waals surface area contributed by atoms with E-state index in [0.717, 1.165) is 31.6 Å². The minimum absolute atomic E-state index is 0.217. The molecule has 0 aromatic heterocycles. The molecule has 0 spiro atoms. The summed E-state index contributed by atoms with van der Waals surface area (Å²) < 4.78 is 5.71. The topological polar surface area (TPSA) is 9.23 Å². The first-order valence-electron chi connectivity index (χ1n) is 7.38. The lowest BCUT2D eigenvalue weighted by Gasteiger charge is -2.19. The highest BCUT2D eigenvalue weighted by atomic mass is 32.1. The van der Waals surface area contributed by atoms with Crippen LogP contribution in [0.25, 0.3) is 0 Å². The zero-order chi connectivity index (χ0) is 15.0. The molecule has 1 nitrogen and oxygen atoms in total. The molecule has 0 fully saturated rings. The quantitative estimate of drug-likeness (QED) is 0.396. The van der Waals surface area contributed by atoms with Gasteiger partial charge < -0.3 is 4.74 Å². The molecule has 0 aliphatic heterocycles. The zero-order valence-electron chi connectivity index (χ0n) is 13.1. The first kappa shape index (κ1) is 17.3. The van der Waals surface area contributed by atoms with Crippen molar-refractivity contribution in [3.8, 4) is 0 Å². The molecule has 0 N–H and O–H groups in total. The minimum Gasteiger partial charge on any atom is -0.377 e. The van der Waals surface area contributed by atoms with Gasteiger partial charge in [0.1, 0.15) is 0 Å². The highest BCUT2D eigenvalue weighted by molar-refractivity contribution is 7.80. The zero-order valence-corrected chi connectivity index (χ0v) is 14.0. The summed E-state index contributed by atoms with van der Waals surface area (Å²) in [5, 5.41) is 0. The summed E-state index contributed by atoms with van der Waals surface area (Å²) >= 11 is 4.20. The van der Waals surface area contributed by atoms with E-state index in [1.54, 1.807) is 0 Å². The number of hydrogen-bond acceptors (Lipinski definition) is 2. The number of unbranched alkanes of at least 4 members (excludes halogenated alkanes) is 1. The molecule has 0 aliphatic rings. The van der Waals surface area contributed by atoms with E-state index in [-0.39, 0.29) is 5.41 Å². The van der Waals surface area contributed by atoms with Gasteiger partial charge in [-0.25, -0.2) is 0 Å². The lowest BCUT2D eigenvalue weighted by atomic mass is 9.87. The first-order valence-corrected chi connectivity index (χ1v) is 8.01. The molecule has 0 heterocycles. The molecule has 20 heavy (non-hydrogen) atoms. The minimum atomic E-state index is 0.217. The van der Waals surface area contributed by atoms with Crippen molar-refractivity contribution in [3.63, 3.8) is 0 Å². The highest BCUT2D eigenvalue weighted by Crippen LogP contribution is 2.22. The molecule has 0 bridgehead atoms. The number of hydrogen-bond donors (Lipinski definition) is 1. The van der Waals surface area contributed by atoms with E-state index in [2.05, 4.69) is 64.2 Å². The molecule has 0 radical (unpaired) electrons. The van der Waals surface area contributed by atoms with E-state index in [4.69, 9.17) is 4.74 Å². The van der Waals surface area contributed by atoms with Crippen LogP contribution in [0.3, 0.4) is 0 Å². The Hall–Kier alpha value is -0.730. The molecular formula is C18H28OS. The molecule has 0 unspecified atom stereocenters. The summed E-state index contributed by atoms with van der Waals surface area (Å²) in [6.45, 7) is 12.2. The van der Waals surface area contributed by atoms with Crippen molar-refractivity contribution in [2.45, 2.75) is 52.1 Å². The summed E-state index contributed by atoms with van der Waals surface area (Å²) in [7, 11) is 0. The van der Waals surface area contributed by atoms with E-state index in [1.165, 1.54) is 16.7 Å². The van der Waals surface area contributed by atoms with Crippen LogP contribution in [0.1, 0.15) is 51.2 Å². The average Bonchev–Trinajstić information content (AvgIpc) is 2.41. The van der Waals surface area contributed by atoms with E-state index >= 15 is 0 Å². The average molecular weight is 292 g/mol. The Morgan fingerprint density at radius 2 is 1.80 bits per heavy atom. The maximum Gasteiger partial charge on any atom is 0.0716 e. The Morgan fingerprint density at radius 1 is 1.15 bits per heavy atom. The van der Waals surface area contributed by atoms with E-state index < -0.39 is 0 Å². The van der Waals surface area contributed by atoms with Gasteiger partial charge in [0.05, 0.1) is 6.61 Å². The Kier molecular flexibility index (Phi) is 7.39. The Morgan fingerprint density at radius 3 is 2.35 bits per heavy atom. The van der Waals surface area contributed by atoms with Crippen LogP contribution in [0.5, 0.6) is 0 Å². The van der Waals surface area contributed by atoms with E-state index in [0.29, 0.717) is 6.61 Å². The summed E-state index contributed by atoms with van der Waals surface area (Å²) in [6.07, 6.45) is 3.29. The Labute approximate surface area is 129 Å². The molecule has 1 rings (SSSR count). The number of thiol groups is 1. The third-order valence-electron chi connectivity index (χ3n) is 3.38. The van der Waals surface area contributed by atoms with Gasteiger partial charge in [0, 0.05) is 12.4 Å². The van der Waals surface area contributed by atoms with Crippen LogP contribution in [-0.2, 0) is 16.8 Å². The molecule has 0 saturated carbocycles. The van der Waals surface area contributed by atoms with Gasteiger partial charge in [0.2, 0.25) is 0 Å². The van der Waals surface area contributed by atoms with Crippen LogP contribution in [0.2, 0.25) is 0 Å². The predicted molar refractivity (Wildman–Crippen MR) is 91.6 cm³/mol. The number of rotatable bonds is 8. The van der Waals surface area contributed by atoms with Gasteiger partial charge in [-0.3, -0.25) is 0 Å². The van der Waals surface area contributed by atoms with Gasteiger partial charge in [0.25, 0.3) is 0 Å². The second kappa shape index (κ2) is 8.53. The van der Waals surface area contributed by atoms with Crippen molar-refractivity contribution < 1.29 is 4.74 Å². The summed E-state index contributed by atoms with van der Waals surface area (Å²) in [4.78, 5) is 0. The van der Waals surface area contributed by atoms with Crippen molar-refractivity contribution in [2.24, 2.45) is 0 Å². The molecule has 112 valence electrons. The molecule has 0 saturated heterocycles. The molecular weight excluding hydrogens is 264 g/mol. The smallest absolute Gasteiger partial charge is 0.0716 e. The van der Waals surface area contributed by atoms with Gasteiger partial charge in [-0.05, 0) is 35.8 Å². The normalized spacial score (nSPS) is 11.6. The lowest BCUT2D eigenvalue weighted by Crippen LogP contribution is -2.10. The fourth-order valence-electron chi connectivity index (χ4n) is 1.95. The number of ether oxygens (including phenoxy) is 1. The summed E-state index contributed by atoms with van der Waals surface area (Å²) in [5.74, 6) is 0.793. The van der Waals surface area contributed by atoms with Crippen molar-refractivity contribution in [1.29, 1.82) is 0 Å². The van der Waals surface area contributed by atoms with Crippen LogP contribution >= 0.6 is 12.6 Å². The fraction of sp³-hybridized carbons (Fsp3) is 0.556. The van der Waals surface area contributed by atoms with Gasteiger partial charge in [-0.1, -0.05) is 57.2 Å². The standard InChI is InChI=1S/C18H28OS/c1-15(14-20)7-5-6-12-19-13-16-8-10-17(11-9-16)18(2,3)4/h8-11,20H,1,5-7,12-14H2,2-4H3. The second-order valence-corrected chi connectivity index (χ2v) is 6.68. The van der Waals surface area contributed by atoms with Gasteiger partial charge in [-0.2, -0.15) is 12.6 Å². The third-order valence-corrected chi connectivity index (χ3v) is 3.83. The van der Waals surface area contributed by atoms with Crippen LogP contribution in [0.4, 0.5) is 0 Å². The first-order chi connectivity index (χ1) is 9.43. The monoisotopic (exact) mass is 292 g/mol. The van der Waals surface area contributed by atoms with Gasteiger partial charge in [-0.15, -0.1) is 0 Å². The van der Waals surface area contributed by atoms with Crippen LogP contribution in [0, 0.1) is 0 Å². The molecule has 1 aromatic rings. The Bertz CT molecular complexity index is 400. The highest BCUT2D eigenvalue weighted by Gasteiger charge is 2.12. The van der Waals surface area contributed by atoms with Crippen LogP contribution in [-0.4, -0.2) is 12.4 Å². The predicted octanol–water partition coefficient (Wildman–Crippen LogP) is 5.16. The number of benzene rings is 1.